The number of primary amides is 1. The van der Waals surface area contributed by atoms with Crippen LogP contribution in [0.25, 0.3) is 0 Å². The van der Waals surface area contributed by atoms with Crippen LogP contribution in [-0.2, 0) is 24.0 Å². The summed E-state index contributed by atoms with van der Waals surface area (Å²) in [7, 11) is 0. The number of nitrogens with one attached hydrogen (secondary N) is 3. The lowest BCUT2D eigenvalue weighted by Crippen LogP contribution is -2.59. The SMILES string of the molecule is CC(C)C(NC(=O)C(N)CO)C(=O)NC(CC(N)=O)C(=O)NC(CCCN=C(N)N)C(=O)O. The van der Waals surface area contributed by atoms with Gasteiger partial charge in [0, 0.05) is 6.54 Å². The number of aliphatic hydroxyl groups excluding tert-OH is 1. The first-order valence-corrected chi connectivity index (χ1v) is 10.1. The Hall–Kier alpha value is -3.46. The zero-order chi connectivity index (χ0) is 25.7. The van der Waals surface area contributed by atoms with E-state index in [2.05, 4.69) is 20.9 Å². The fraction of sp³-hybridized carbons (Fsp3) is 0.667. The first-order valence-electron chi connectivity index (χ1n) is 10.1. The summed E-state index contributed by atoms with van der Waals surface area (Å²) in [5.74, 6) is -5.48. The maximum atomic E-state index is 12.7. The highest BCUT2D eigenvalue weighted by molar-refractivity contribution is 5.96. The summed E-state index contributed by atoms with van der Waals surface area (Å²) >= 11 is 0. The summed E-state index contributed by atoms with van der Waals surface area (Å²) in [5.41, 5.74) is 21.0. The summed E-state index contributed by atoms with van der Waals surface area (Å²) in [6, 6.07) is -5.27. The van der Waals surface area contributed by atoms with E-state index in [1.165, 1.54) is 0 Å². The molecule has 4 atom stereocenters. The van der Waals surface area contributed by atoms with E-state index in [1.54, 1.807) is 13.8 Å². The van der Waals surface area contributed by atoms with E-state index >= 15 is 0 Å². The van der Waals surface area contributed by atoms with Crippen LogP contribution in [0.15, 0.2) is 4.99 Å². The Morgan fingerprint density at radius 2 is 1.48 bits per heavy atom. The number of carbonyl (C=O) groups excluding carboxylic acids is 4. The Bertz CT molecular complexity index is 739. The molecule has 15 nitrogen and oxygen atoms in total. The van der Waals surface area contributed by atoms with Crippen molar-refractivity contribution in [2.45, 2.75) is 57.3 Å². The van der Waals surface area contributed by atoms with Gasteiger partial charge in [-0.2, -0.15) is 0 Å². The van der Waals surface area contributed by atoms with E-state index in [1.807, 2.05) is 0 Å². The molecule has 0 aromatic rings. The zero-order valence-electron chi connectivity index (χ0n) is 18.6. The van der Waals surface area contributed by atoms with Crippen molar-refractivity contribution in [2.75, 3.05) is 13.2 Å². The molecule has 0 saturated carbocycles. The van der Waals surface area contributed by atoms with Crippen molar-refractivity contribution in [3.8, 4) is 0 Å². The van der Waals surface area contributed by atoms with Crippen LogP contribution in [0.5, 0.6) is 0 Å². The van der Waals surface area contributed by atoms with Crippen molar-refractivity contribution >= 4 is 35.6 Å². The highest BCUT2D eigenvalue weighted by Gasteiger charge is 2.32. The first kappa shape index (κ1) is 29.5. The quantitative estimate of drug-likeness (QED) is 0.0622. The van der Waals surface area contributed by atoms with Gasteiger partial charge in [0.25, 0.3) is 0 Å². The minimum atomic E-state index is -1.50. The third kappa shape index (κ3) is 11.6. The molecule has 0 bridgehead atoms. The molecule has 0 aliphatic rings. The lowest BCUT2D eigenvalue weighted by molar-refractivity contribution is -0.142. The standard InChI is InChI=1S/C18H34N8O7/c1-8(2)13(26-14(29)9(19)7-27)16(31)25-11(6-12(20)28)15(30)24-10(17(32)33)4-3-5-23-18(21)22/h8-11,13,27H,3-7,19H2,1-2H3,(H2,20,28)(H,24,30)(H,25,31)(H,26,29)(H,32,33)(H4,21,22,23). The van der Waals surface area contributed by atoms with Gasteiger partial charge >= 0.3 is 5.97 Å². The number of hydrogen-bond donors (Lipinski definition) is 9. The molecule has 0 spiro atoms. The third-order valence-corrected chi connectivity index (χ3v) is 4.38. The molecule has 0 aliphatic carbocycles. The van der Waals surface area contributed by atoms with Gasteiger partial charge < -0.3 is 49.1 Å². The summed E-state index contributed by atoms with van der Waals surface area (Å²) in [5, 5.41) is 25.2. The molecule has 0 aliphatic heterocycles. The number of aliphatic imine (C=N–C) groups is 1. The van der Waals surface area contributed by atoms with Crippen LogP contribution in [0.2, 0.25) is 0 Å². The number of nitrogens with zero attached hydrogens (tertiary/aromatic N) is 1. The molecule has 0 aromatic carbocycles. The zero-order valence-corrected chi connectivity index (χ0v) is 18.6. The van der Waals surface area contributed by atoms with Crippen LogP contribution in [0.1, 0.15) is 33.1 Å². The van der Waals surface area contributed by atoms with Gasteiger partial charge in [-0.1, -0.05) is 13.8 Å². The molecule has 0 fully saturated rings. The van der Waals surface area contributed by atoms with Crippen molar-refractivity contribution in [1.82, 2.24) is 16.0 Å². The predicted molar refractivity (Wildman–Crippen MR) is 117 cm³/mol. The number of amides is 4. The molecule has 4 unspecified atom stereocenters. The fourth-order valence-electron chi connectivity index (χ4n) is 2.58. The van der Waals surface area contributed by atoms with Crippen LogP contribution in [0.3, 0.4) is 0 Å². The smallest absolute Gasteiger partial charge is 0.326 e. The molecule has 0 aromatic heterocycles. The van der Waals surface area contributed by atoms with Gasteiger partial charge in [0.05, 0.1) is 13.0 Å². The number of carbonyl (C=O) groups is 5. The van der Waals surface area contributed by atoms with E-state index < -0.39 is 72.7 Å². The second-order valence-electron chi connectivity index (χ2n) is 7.60. The van der Waals surface area contributed by atoms with Gasteiger partial charge in [-0.3, -0.25) is 24.2 Å². The molecule has 13 N–H and O–H groups in total. The summed E-state index contributed by atoms with van der Waals surface area (Å²) < 4.78 is 0. The molecular weight excluding hydrogens is 440 g/mol. The summed E-state index contributed by atoms with van der Waals surface area (Å²) in [6.07, 6.45) is -0.416. The molecule has 0 heterocycles. The van der Waals surface area contributed by atoms with E-state index in [0.717, 1.165) is 0 Å². The topological polar surface area (TPSA) is 278 Å². The normalized spacial score (nSPS) is 14.3. The van der Waals surface area contributed by atoms with Crippen LogP contribution >= 0.6 is 0 Å². The monoisotopic (exact) mass is 474 g/mol. The van der Waals surface area contributed by atoms with Crippen LogP contribution in [0, 0.1) is 5.92 Å². The third-order valence-electron chi connectivity index (χ3n) is 4.38. The number of carboxylic acid groups (broad SMARTS) is 1. The average Bonchev–Trinajstić information content (AvgIpc) is 2.71. The van der Waals surface area contributed by atoms with Crippen LogP contribution < -0.4 is 38.9 Å². The molecular formula is C18H34N8O7. The van der Waals surface area contributed by atoms with Crippen molar-refractivity contribution in [3.05, 3.63) is 0 Å². The summed E-state index contributed by atoms with van der Waals surface area (Å²) in [4.78, 5) is 63.9. The van der Waals surface area contributed by atoms with Crippen LogP contribution in [0.4, 0.5) is 0 Å². The number of guanidine groups is 1. The minimum Gasteiger partial charge on any atom is -0.480 e. The maximum Gasteiger partial charge on any atom is 0.326 e. The Morgan fingerprint density at radius 3 is 1.94 bits per heavy atom. The molecule has 15 heteroatoms. The molecule has 0 saturated heterocycles. The second-order valence-corrected chi connectivity index (χ2v) is 7.60. The average molecular weight is 475 g/mol. The predicted octanol–water partition coefficient (Wildman–Crippen LogP) is -4.57. The van der Waals surface area contributed by atoms with Crippen LogP contribution in [-0.4, -0.2) is 83.1 Å². The van der Waals surface area contributed by atoms with Crippen molar-refractivity contribution < 1.29 is 34.2 Å². The van der Waals surface area contributed by atoms with E-state index in [9.17, 15) is 29.1 Å². The van der Waals surface area contributed by atoms with Gasteiger partial charge in [-0.25, -0.2) is 4.79 Å². The maximum absolute atomic E-state index is 12.7. The van der Waals surface area contributed by atoms with Crippen molar-refractivity contribution in [3.63, 3.8) is 0 Å². The Morgan fingerprint density at radius 1 is 0.909 bits per heavy atom. The lowest BCUT2D eigenvalue weighted by atomic mass is 10.0. The number of aliphatic carboxylic acids is 1. The van der Waals surface area contributed by atoms with Gasteiger partial charge in [0.1, 0.15) is 24.2 Å². The Balaban J connectivity index is 5.37. The first-order chi connectivity index (χ1) is 15.3. The molecule has 0 rings (SSSR count). The number of carboxylic acids is 1. The minimum absolute atomic E-state index is 0.0290. The van der Waals surface area contributed by atoms with E-state index in [4.69, 9.17) is 28.0 Å². The lowest BCUT2D eigenvalue weighted by Gasteiger charge is -2.26. The fourth-order valence-corrected chi connectivity index (χ4v) is 2.58. The van der Waals surface area contributed by atoms with Gasteiger partial charge in [-0.05, 0) is 18.8 Å². The number of rotatable bonds is 15. The Labute approximate surface area is 190 Å². The van der Waals surface area contributed by atoms with E-state index in [0.29, 0.717) is 0 Å². The molecule has 0 radical (unpaired) electrons. The molecule has 33 heavy (non-hydrogen) atoms. The number of nitrogens with two attached hydrogens (primary N) is 4. The Kier molecular flexibility index (Phi) is 13.0. The van der Waals surface area contributed by atoms with Crippen molar-refractivity contribution in [1.29, 1.82) is 0 Å². The van der Waals surface area contributed by atoms with E-state index in [-0.39, 0.29) is 25.3 Å². The largest absolute Gasteiger partial charge is 0.480 e. The molecule has 4 amide bonds. The number of hydrogen-bond acceptors (Lipinski definition) is 8. The second kappa shape index (κ2) is 14.6. The van der Waals surface area contributed by atoms with Gasteiger partial charge in [0.15, 0.2) is 5.96 Å². The van der Waals surface area contributed by atoms with Crippen molar-refractivity contribution in [2.24, 2.45) is 33.8 Å². The van der Waals surface area contributed by atoms with Gasteiger partial charge in [-0.15, -0.1) is 0 Å². The molecule has 188 valence electrons. The summed E-state index contributed by atoms with van der Waals surface area (Å²) in [6.45, 7) is 2.70. The highest BCUT2D eigenvalue weighted by Crippen LogP contribution is 2.06. The van der Waals surface area contributed by atoms with Gasteiger partial charge in [0.2, 0.25) is 23.6 Å². The number of aliphatic hydroxyl groups is 1. The highest BCUT2D eigenvalue weighted by atomic mass is 16.4.